The molecule has 0 radical (unpaired) electrons. The normalized spacial score (nSPS) is 12.1. The molecule has 1 unspecified atom stereocenters. The van der Waals surface area contributed by atoms with Gasteiger partial charge < -0.3 is 11.1 Å². The Morgan fingerprint density at radius 2 is 2.10 bits per heavy atom. The van der Waals surface area contributed by atoms with E-state index in [1.165, 1.54) is 12.4 Å². The second-order valence-corrected chi connectivity index (χ2v) is 5.21. The van der Waals surface area contributed by atoms with Crippen molar-refractivity contribution in [2.24, 2.45) is 5.92 Å². The molecule has 7 heteroatoms. The zero-order valence-electron chi connectivity index (χ0n) is 12.5. The quantitative estimate of drug-likeness (QED) is 0.853. The van der Waals surface area contributed by atoms with Gasteiger partial charge in [-0.3, -0.25) is 9.48 Å². The molecule has 0 bridgehead atoms. The Hall–Kier alpha value is -2.44. The highest BCUT2D eigenvalue weighted by Crippen LogP contribution is 2.07. The third-order valence-electron chi connectivity index (χ3n) is 3.14. The van der Waals surface area contributed by atoms with Gasteiger partial charge in [0.05, 0.1) is 5.69 Å². The lowest BCUT2D eigenvalue weighted by molar-refractivity contribution is 0.0942. The first-order valence-electron chi connectivity index (χ1n) is 6.83. The van der Waals surface area contributed by atoms with Crippen molar-refractivity contribution in [3.05, 3.63) is 35.5 Å². The number of anilines is 1. The van der Waals surface area contributed by atoms with Crippen LogP contribution in [0.5, 0.6) is 0 Å². The second-order valence-electron chi connectivity index (χ2n) is 5.21. The summed E-state index contributed by atoms with van der Waals surface area (Å²) in [5.41, 5.74) is 7.90. The molecule has 2 rings (SSSR count). The molecule has 0 aliphatic carbocycles. The van der Waals surface area contributed by atoms with E-state index >= 15 is 0 Å². The van der Waals surface area contributed by atoms with Gasteiger partial charge in [-0.25, -0.2) is 9.97 Å². The van der Waals surface area contributed by atoms with Gasteiger partial charge in [-0.15, -0.1) is 0 Å². The monoisotopic (exact) mass is 288 g/mol. The van der Waals surface area contributed by atoms with E-state index in [4.69, 9.17) is 5.73 Å². The number of aryl methyl sites for hydroxylation is 2. The topological polar surface area (TPSA) is 98.7 Å². The highest BCUT2D eigenvalue weighted by Gasteiger charge is 2.13. The van der Waals surface area contributed by atoms with Crippen LogP contribution in [0.25, 0.3) is 0 Å². The minimum atomic E-state index is -0.305. The molecule has 21 heavy (non-hydrogen) atoms. The first-order valence-corrected chi connectivity index (χ1v) is 6.83. The van der Waals surface area contributed by atoms with Crippen molar-refractivity contribution in [2.45, 2.75) is 27.3 Å². The van der Waals surface area contributed by atoms with Crippen LogP contribution in [0.1, 0.15) is 28.8 Å². The van der Waals surface area contributed by atoms with E-state index in [1.807, 2.05) is 24.6 Å². The Morgan fingerprint density at radius 3 is 2.71 bits per heavy atom. The van der Waals surface area contributed by atoms with Crippen molar-refractivity contribution in [2.75, 3.05) is 12.3 Å². The molecule has 0 saturated heterocycles. The summed E-state index contributed by atoms with van der Waals surface area (Å²) in [7, 11) is 0. The van der Waals surface area contributed by atoms with Crippen LogP contribution in [-0.4, -0.2) is 32.2 Å². The van der Waals surface area contributed by atoms with E-state index in [0.717, 1.165) is 17.9 Å². The third kappa shape index (κ3) is 3.77. The molecule has 2 aromatic rings. The molecule has 0 saturated carbocycles. The standard InChI is InChI=1S/C14H20N6O/c1-9(8-20-11(3)6-10(2)19-20)7-18-14(21)12-13(15)17-5-4-16-12/h4-6,9H,7-8H2,1-3H3,(H2,15,17)(H,18,21). The summed E-state index contributed by atoms with van der Waals surface area (Å²) in [4.78, 5) is 19.8. The fraction of sp³-hybridized carbons (Fsp3) is 0.429. The first-order chi connectivity index (χ1) is 9.97. The lowest BCUT2D eigenvalue weighted by atomic mass is 10.2. The van der Waals surface area contributed by atoms with Crippen molar-refractivity contribution in [1.29, 1.82) is 0 Å². The number of hydrogen-bond donors (Lipinski definition) is 2. The van der Waals surface area contributed by atoms with E-state index in [2.05, 4.69) is 27.3 Å². The largest absolute Gasteiger partial charge is 0.382 e. The SMILES string of the molecule is Cc1cc(C)n(CC(C)CNC(=O)c2nccnc2N)n1. The van der Waals surface area contributed by atoms with Gasteiger partial charge in [-0.05, 0) is 25.8 Å². The van der Waals surface area contributed by atoms with Crippen LogP contribution < -0.4 is 11.1 Å². The van der Waals surface area contributed by atoms with Crippen LogP contribution >= 0.6 is 0 Å². The van der Waals surface area contributed by atoms with Crippen molar-refractivity contribution in [3.63, 3.8) is 0 Å². The number of carbonyl (C=O) groups is 1. The molecule has 1 atom stereocenters. The lowest BCUT2D eigenvalue weighted by Crippen LogP contribution is -2.31. The predicted octanol–water partition coefficient (Wildman–Crippen LogP) is 0.938. The maximum absolute atomic E-state index is 12.0. The average Bonchev–Trinajstić information content (AvgIpc) is 2.74. The van der Waals surface area contributed by atoms with Gasteiger partial charge in [-0.1, -0.05) is 6.92 Å². The van der Waals surface area contributed by atoms with Gasteiger partial charge in [0.25, 0.3) is 5.91 Å². The summed E-state index contributed by atoms with van der Waals surface area (Å²) >= 11 is 0. The maximum Gasteiger partial charge on any atom is 0.273 e. The maximum atomic E-state index is 12.0. The van der Waals surface area contributed by atoms with E-state index in [1.54, 1.807) is 0 Å². The van der Waals surface area contributed by atoms with E-state index in [9.17, 15) is 4.79 Å². The summed E-state index contributed by atoms with van der Waals surface area (Å²) in [6.07, 6.45) is 2.90. The molecule has 2 aromatic heterocycles. The molecule has 0 aliphatic rings. The summed E-state index contributed by atoms with van der Waals surface area (Å²) in [5.74, 6) is 0.0758. The van der Waals surface area contributed by atoms with Crippen LogP contribution in [0.4, 0.5) is 5.82 Å². The van der Waals surface area contributed by atoms with Crippen LogP contribution in [0.3, 0.4) is 0 Å². The molecule has 0 aromatic carbocycles. The number of nitrogens with zero attached hydrogens (tertiary/aromatic N) is 4. The summed E-state index contributed by atoms with van der Waals surface area (Å²) in [6, 6.07) is 2.03. The predicted molar refractivity (Wildman–Crippen MR) is 79.6 cm³/mol. The minimum absolute atomic E-state index is 0.140. The van der Waals surface area contributed by atoms with Crippen molar-refractivity contribution in [3.8, 4) is 0 Å². The van der Waals surface area contributed by atoms with Gasteiger partial charge >= 0.3 is 0 Å². The van der Waals surface area contributed by atoms with Gasteiger partial charge in [-0.2, -0.15) is 5.10 Å². The van der Waals surface area contributed by atoms with E-state index in [0.29, 0.717) is 6.54 Å². The molecule has 0 fully saturated rings. The molecular weight excluding hydrogens is 268 g/mol. The molecule has 2 heterocycles. The number of rotatable bonds is 5. The van der Waals surface area contributed by atoms with Gasteiger partial charge in [0, 0.05) is 31.2 Å². The van der Waals surface area contributed by atoms with Crippen molar-refractivity contribution >= 4 is 11.7 Å². The van der Waals surface area contributed by atoms with E-state index < -0.39 is 0 Å². The molecule has 3 N–H and O–H groups in total. The van der Waals surface area contributed by atoms with Crippen LogP contribution in [-0.2, 0) is 6.54 Å². The number of hydrogen-bond acceptors (Lipinski definition) is 5. The third-order valence-corrected chi connectivity index (χ3v) is 3.14. The Kier molecular flexibility index (Phi) is 4.52. The molecule has 7 nitrogen and oxygen atoms in total. The van der Waals surface area contributed by atoms with Crippen LogP contribution in [0.15, 0.2) is 18.5 Å². The molecule has 0 aliphatic heterocycles. The Labute approximate surface area is 123 Å². The summed E-state index contributed by atoms with van der Waals surface area (Å²) in [6.45, 7) is 7.30. The molecular formula is C14H20N6O. The Morgan fingerprint density at radius 1 is 1.38 bits per heavy atom. The zero-order valence-corrected chi connectivity index (χ0v) is 12.5. The highest BCUT2D eigenvalue weighted by atomic mass is 16.1. The fourth-order valence-electron chi connectivity index (χ4n) is 2.09. The van der Waals surface area contributed by atoms with Crippen LogP contribution in [0, 0.1) is 19.8 Å². The lowest BCUT2D eigenvalue weighted by Gasteiger charge is -2.14. The number of nitrogens with one attached hydrogen (secondary N) is 1. The number of nitrogen functional groups attached to an aromatic ring is 1. The Balaban J connectivity index is 1.89. The first kappa shape index (κ1) is 15.0. The van der Waals surface area contributed by atoms with Gasteiger partial charge in [0.15, 0.2) is 11.5 Å². The van der Waals surface area contributed by atoms with Crippen LogP contribution in [0.2, 0.25) is 0 Å². The van der Waals surface area contributed by atoms with E-state index in [-0.39, 0.29) is 23.3 Å². The van der Waals surface area contributed by atoms with Gasteiger partial charge in [0.1, 0.15) is 0 Å². The number of nitrogens with two attached hydrogens (primary N) is 1. The zero-order chi connectivity index (χ0) is 15.4. The molecule has 0 spiro atoms. The average molecular weight is 288 g/mol. The summed E-state index contributed by atoms with van der Waals surface area (Å²) in [5, 5.41) is 7.23. The summed E-state index contributed by atoms with van der Waals surface area (Å²) < 4.78 is 1.95. The van der Waals surface area contributed by atoms with Crippen molar-refractivity contribution in [1.82, 2.24) is 25.1 Å². The minimum Gasteiger partial charge on any atom is -0.382 e. The fourth-order valence-corrected chi connectivity index (χ4v) is 2.09. The van der Waals surface area contributed by atoms with Gasteiger partial charge in [0.2, 0.25) is 0 Å². The van der Waals surface area contributed by atoms with Crippen molar-refractivity contribution < 1.29 is 4.79 Å². The number of carbonyl (C=O) groups excluding carboxylic acids is 1. The number of amides is 1. The smallest absolute Gasteiger partial charge is 0.273 e. The Bertz CT molecular complexity index is 636. The second kappa shape index (κ2) is 6.34. The number of aromatic nitrogens is 4. The molecule has 112 valence electrons. The highest BCUT2D eigenvalue weighted by molar-refractivity contribution is 5.96. The molecule has 1 amide bonds.